The third kappa shape index (κ3) is 2.47. The lowest BCUT2D eigenvalue weighted by Gasteiger charge is -2.29. The largest absolute Gasteiger partial charge is 0.330 e. The molecule has 0 radical (unpaired) electrons. The maximum atomic E-state index is 5.86. The highest BCUT2D eigenvalue weighted by Gasteiger charge is 2.31. The van der Waals surface area contributed by atoms with Crippen molar-refractivity contribution in [1.82, 2.24) is 20.2 Å². The highest BCUT2D eigenvalue weighted by atomic mass is 32.2. The molecule has 0 aliphatic heterocycles. The highest BCUT2D eigenvalue weighted by molar-refractivity contribution is 7.99. The van der Waals surface area contributed by atoms with Gasteiger partial charge in [0.25, 0.3) is 0 Å². The van der Waals surface area contributed by atoms with Gasteiger partial charge in [0, 0.05) is 5.25 Å². The minimum Gasteiger partial charge on any atom is -0.330 e. The molecule has 1 aromatic heterocycles. The van der Waals surface area contributed by atoms with Crippen LogP contribution in [0.3, 0.4) is 0 Å². The van der Waals surface area contributed by atoms with Gasteiger partial charge in [0.1, 0.15) is 0 Å². The molecule has 2 unspecified atom stereocenters. The molecule has 17 heavy (non-hydrogen) atoms. The molecule has 2 saturated carbocycles. The molecule has 2 fully saturated rings. The molecular weight excluding hydrogens is 234 g/mol. The zero-order chi connectivity index (χ0) is 11.7. The quantitative estimate of drug-likeness (QED) is 0.883. The van der Waals surface area contributed by atoms with Gasteiger partial charge in [0.2, 0.25) is 5.16 Å². The summed E-state index contributed by atoms with van der Waals surface area (Å²) in [5, 5.41) is 13.7. The van der Waals surface area contributed by atoms with Crippen molar-refractivity contribution in [2.75, 3.05) is 6.54 Å². The van der Waals surface area contributed by atoms with Crippen molar-refractivity contribution < 1.29 is 0 Å². The van der Waals surface area contributed by atoms with Crippen LogP contribution in [0, 0.1) is 5.92 Å². The van der Waals surface area contributed by atoms with Crippen LogP contribution in [0.1, 0.15) is 44.6 Å². The van der Waals surface area contributed by atoms with Crippen molar-refractivity contribution in [2.24, 2.45) is 11.7 Å². The summed E-state index contributed by atoms with van der Waals surface area (Å²) < 4.78 is 2.01. The van der Waals surface area contributed by atoms with Gasteiger partial charge in [0.05, 0.1) is 6.04 Å². The fraction of sp³-hybridized carbons (Fsp3) is 0.909. The van der Waals surface area contributed by atoms with Crippen molar-refractivity contribution in [3.8, 4) is 0 Å². The van der Waals surface area contributed by atoms with Gasteiger partial charge in [-0.15, -0.1) is 5.10 Å². The Labute approximate surface area is 106 Å². The summed E-state index contributed by atoms with van der Waals surface area (Å²) in [5.74, 6) is 0.637. The van der Waals surface area contributed by atoms with E-state index in [0.717, 1.165) is 11.7 Å². The molecule has 3 rings (SSSR count). The van der Waals surface area contributed by atoms with Crippen molar-refractivity contribution >= 4 is 11.8 Å². The molecule has 1 heterocycles. The molecule has 2 N–H and O–H groups in total. The van der Waals surface area contributed by atoms with Crippen molar-refractivity contribution in [3.05, 3.63) is 0 Å². The Bertz CT molecular complexity index is 376. The molecule has 1 aromatic rings. The van der Waals surface area contributed by atoms with Crippen molar-refractivity contribution in [1.29, 1.82) is 0 Å². The average Bonchev–Trinajstić information content (AvgIpc) is 3.11. The summed E-state index contributed by atoms with van der Waals surface area (Å²) in [6.07, 6.45) is 7.61. The van der Waals surface area contributed by atoms with Crippen LogP contribution in [0.4, 0.5) is 0 Å². The Morgan fingerprint density at radius 3 is 2.82 bits per heavy atom. The van der Waals surface area contributed by atoms with Gasteiger partial charge in [0.15, 0.2) is 0 Å². The third-order valence-corrected chi connectivity index (χ3v) is 5.16. The minimum absolute atomic E-state index is 0.562. The number of hydrogen-bond donors (Lipinski definition) is 1. The second-order valence-electron chi connectivity index (χ2n) is 5.07. The molecule has 0 bridgehead atoms. The van der Waals surface area contributed by atoms with Crippen LogP contribution in [-0.2, 0) is 0 Å². The number of aromatic nitrogens is 4. The summed E-state index contributed by atoms with van der Waals surface area (Å²) in [6, 6.07) is 0.562. The Kier molecular flexibility index (Phi) is 3.33. The maximum absolute atomic E-state index is 5.86. The predicted octanol–water partition coefficient (Wildman–Crippen LogP) is 1.62. The normalized spacial score (nSPS) is 29.5. The first kappa shape index (κ1) is 11.5. The average molecular weight is 253 g/mol. The minimum atomic E-state index is 0.562. The summed E-state index contributed by atoms with van der Waals surface area (Å²) in [4.78, 5) is 0. The van der Waals surface area contributed by atoms with E-state index in [-0.39, 0.29) is 0 Å². The van der Waals surface area contributed by atoms with Gasteiger partial charge in [-0.2, -0.15) is 0 Å². The van der Waals surface area contributed by atoms with E-state index < -0.39 is 0 Å². The standard InChI is InChI=1S/C11H19N5S/c12-7-8-3-1-2-4-10(8)17-11-13-14-15-16(11)9-5-6-9/h8-10H,1-7,12H2. The lowest BCUT2D eigenvalue weighted by Crippen LogP contribution is -2.29. The summed E-state index contributed by atoms with van der Waals surface area (Å²) in [6.45, 7) is 0.794. The molecule has 5 nitrogen and oxygen atoms in total. The summed E-state index contributed by atoms with van der Waals surface area (Å²) >= 11 is 1.85. The molecule has 94 valence electrons. The Hall–Kier alpha value is -0.620. The van der Waals surface area contributed by atoms with Gasteiger partial charge in [-0.1, -0.05) is 24.6 Å². The van der Waals surface area contributed by atoms with Crippen molar-refractivity contribution in [2.45, 2.75) is 55.0 Å². The number of nitrogens with two attached hydrogens (primary N) is 1. The third-order valence-electron chi connectivity index (χ3n) is 3.75. The lowest BCUT2D eigenvalue weighted by molar-refractivity contribution is 0.377. The topological polar surface area (TPSA) is 69.6 Å². The second kappa shape index (κ2) is 4.94. The van der Waals surface area contributed by atoms with Crippen molar-refractivity contribution in [3.63, 3.8) is 0 Å². The van der Waals surface area contributed by atoms with E-state index in [0.29, 0.717) is 17.2 Å². The van der Waals surface area contributed by atoms with Crippen LogP contribution >= 0.6 is 11.8 Å². The monoisotopic (exact) mass is 253 g/mol. The van der Waals surface area contributed by atoms with E-state index in [2.05, 4.69) is 15.5 Å². The van der Waals surface area contributed by atoms with Crippen LogP contribution in [0.15, 0.2) is 5.16 Å². The molecule has 0 saturated heterocycles. The second-order valence-corrected chi connectivity index (χ2v) is 6.28. The van der Waals surface area contributed by atoms with Gasteiger partial charge in [-0.25, -0.2) is 4.68 Å². The van der Waals surface area contributed by atoms with E-state index >= 15 is 0 Å². The van der Waals surface area contributed by atoms with Gasteiger partial charge < -0.3 is 5.73 Å². The van der Waals surface area contributed by atoms with Crippen LogP contribution in [0.25, 0.3) is 0 Å². The Morgan fingerprint density at radius 2 is 2.06 bits per heavy atom. The first-order valence-corrected chi connectivity index (χ1v) is 7.41. The Balaban J connectivity index is 1.69. The molecule has 0 amide bonds. The fourth-order valence-electron chi connectivity index (χ4n) is 2.55. The summed E-state index contributed by atoms with van der Waals surface area (Å²) in [5.41, 5.74) is 5.86. The number of rotatable bonds is 4. The number of nitrogens with zero attached hydrogens (tertiary/aromatic N) is 4. The molecule has 2 atom stereocenters. The zero-order valence-electron chi connectivity index (χ0n) is 9.96. The van der Waals surface area contributed by atoms with E-state index in [1.54, 1.807) is 0 Å². The van der Waals surface area contributed by atoms with Crippen LogP contribution in [0.2, 0.25) is 0 Å². The van der Waals surface area contributed by atoms with Crippen LogP contribution < -0.4 is 5.73 Å². The van der Waals surface area contributed by atoms with Crippen LogP contribution in [-0.4, -0.2) is 32.0 Å². The molecule has 6 heteroatoms. The molecule has 0 spiro atoms. The van der Waals surface area contributed by atoms with E-state index in [9.17, 15) is 0 Å². The van der Waals surface area contributed by atoms with Gasteiger partial charge in [-0.3, -0.25) is 0 Å². The lowest BCUT2D eigenvalue weighted by atomic mass is 9.89. The first-order chi connectivity index (χ1) is 8.38. The number of tetrazole rings is 1. The predicted molar refractivity (Wildman–Crippen MR) is 66.7 cm³/mol. The molecule has 2 aliphatic carbocycles. The SMILES string of the molecule is NCC1CCCCC1Sc1nnnn1C1CC1. The van der Waals surface area contributed by atoms with E-state index in [1.165, 1.54) is 38.5 Å². The smallest absolute Gasteiger partial charge is 0.209 e. The molecule has 2 aliphatic rings. The highest BCUT2D eigenvalue weighted by Crippen LogP contribution is 2.40. The van der Waals surface area contributed by atoms with Gasteiger partial charge >= 0.3 is 0 Å². The van der Waals surface area contributed by atoms with E-state index in [4.69, 9.17) is 5.73 Å². The first-order valence-electron chi connectivity index (χ1n) is 6.53. The zero-order valence-corrected chi connectivity index (χ0v) is 10.8. The van der Waals surface area contributed by atoms with Gasteiger partial charge in [-0.05, 0) is 48.6 Å². The maximum Gasteiger partial charge on any atom is 0.209 e. The molecular formula is C11H19N5S. The number of thioether (sulfide) groups is 1. The van der Waals surface area contributed by atoms with Crippen LogP contribution in [0.5, 0.6) is 0 Å². The Morgan fingerprint density at radius 1 is 1.24 bits per heavy atom. The van der Waals surface area contributed by atoms with E-state index in [1.807, 2.05) is 16.4 Å². The molecule has 0 aromatic carbocycles. The summed E-state index contributed by atoms with van der Waals surface area (Å²) in [7, 11) is 0. The number of hydrogen-bond acceptors (Lipinski definition) is 5. The fourth-order valence-corrected chi connectivity index (χ4v) is 3.92.